The molecule has 0 saturated heterocycles. The van der Waals surface area contributed by atoms with Gasteiger partial charge in [-0.25, -0.2) is 0 Å². The molecule has 0 spiro atoms. The maximum absolute atomic E-state index is 12.0. The molecule has 1 aromatic heterocycles. The van der Waals surface area contributed by atoms with Crippen LogP contribution in [0.3, 0.4) is 0 Å². The molecule has 1 N–H and O–H groups in total. The third-order valence-corrected chi connectivity index (χ3v) is 5.98. The molecule has 0 fully saturated rings. The summed E-state index contributed by atoms with van der Waals surface area (Å²) in [4.78, 5) is 12.0. The first-order valence-corrected chi connectivity index (χ1v) is 9.93. The SMILES string of the molecule is O=C(CSc1nnc(-c2ccc(Cl)cc2)o1)Nc1ccc(Br)c(Br)c1. The summed E-state index contributed by atoms with van der Waals surface area (Å²) in [5.74, 6) is 0.387. The molecule has 0 atom stereocenters. The average molecular weight is 504 g/mol. The summed E-state index contributed by atoms with van der Waals surface area (Å²) >= 11 is 13.8. The van der Waals surface area contributed by atoms with Crippen LogP contribution in [0.1, 0.15) is 0 Å². The van der Waals surface area contributed by atoms with Crippen molar-refractivity contribution in [3.05, 3.63) is 56.4 Å². The fourth-order valence-corrected chi connectivity index (χ4v) is 3.19. The van der Waals surface area contributed by atoms with Gasteiger partial charge < -0.3 is 9.73 Å². The van der Waals surface area contributed by atoms with Crippen molar-refractivity contribution in [3.8, 4) is 11.5 Å². The number of anilines is 1. The lowest BCUT2D eigenvalue weighted by Gasteiger charge is -2.05. The number of carbonyl (C=O) groups is 1. The van der Waals surface area contributed by atoms with Crippen molar-refractivity contribution in [1.82, 2.24) is 10.2 Å². The molecule has 1 heterocycles. The van der Waals surface area contributed by atoms with Crippen LogP contribution in [0, 0.1) is 0 Å². The minimum Gasteiger partial charge on any atom is -0.411 e. The van der Waals surface area contributed by atoms with Crippen LogP contribution in [0.4, 0.5) is 5.69 Å². The Morgan fingerprint density at radius 3 is 2.60 bits per heavy atom. The van der Waals surface area contributed by atoms with E-state index in [9.17, 15) is 4.79 Å². The van der Waals surface area contributed by atoms with E-state index in [4.69, 9.17) is 16.0 Å². The second-order valence-electron chi connectivity index (χ2n) is 4.85. The summed E-state index contributed by atoms with van der Waals surface area (Å²) in [6.07, 6.45) is 0. The highest BCUT2D eigenvalue weighted by molar-refractivity contribution is 9.13. The van der Waals surface area contributed by atoms with Crippen LogP contribution < -0.4 is 5.32 Å². The maximum atomic E-state index is 12.0. The Hall–Kier alpha value is -1.35. The van der Waals surface area contributed by atoms with Gasteiger partial charge in [-0.15, -0.1) is 10.2 Å². The van der Waals surface area contributed by atoms with Crippen LogP contribution in [0.2, 0.25) is 5.02 Å². The fourth-order valence-electron chi connectivity index (χ4n) is 1.88. The summed E-state index contributed by atoms with van der Waals surface area (Å²) < 4.78 is 7.33. The Morgan fingerprint density at radius 1 is 1.12 bits per heavy atom. The molecule has 0 aliphatic rings. The van der Waals surface area contributed by atoms with Gasteiger partial charge >= 0.3 is 0 Å². The zero-order chi connectivity index (χ0) is 17.8. The molecule has 3 aromatic rings. The van der Waals surface area contributed by atoms with Gasteiger partial charge in [0.2, 0.25) is 11.8 Å². The third-order valence-electron chi connectivity index (χ3n) is 3.03. The highest BCUT2D eigenvalue weighted by Gasteiger charge is 2.11. The van der Waals surface area contributed by atoms with Crippen molar-refractivity contribution in [2.45, 2.75) is 5.22 Å². The number of nitrogens with zero attached hydrogens (tertiary/aromatic N) is 2. The molecule has 0 radical (unpaired) electrons. The molecule has 25 heavy (non-hydrogen) atoms. The van der Waals surface area contributed by atoms with Gasteiger partial charge in [0.15, 0.2) is 0 Å². The van der Waals surface area contributed by atoms with E-state index in [0.29, 0.717) is 21.8 Å². The monoisotopic (exact) mass is 501 g/mol. The van der Waals surface area contributed by atoms with Crippen molar-refractivity contribution in [2.24, 2.45) is 0 Å². The molecule has 2 aromatic carbocycles. The van der Waals surface area contributed by atoms with Crippen molar-refractivity contribution >= 4 is 66.8 Å². The molecule has 0 saturated carbocycles. The highest BCUT2D eigenvalue weighted by Crippen LogP contribution is 2.27. The van der Waals surface area contributed by atoms with Crippen molar-refractivity contribution in [1.29, 1.82) is 0 Å². The molecular weight excluding hydrogens is 494 g/mol. The van der Waals surface area contributed by atoms with Crippen LogP contribution in [0.5, 0.6) is 0 Å². The molecular formula is C16H10Br2ClN3O2S. The molecule has 0 unspecified atom stereocenters. The minimum absolute atomic E-state index is 0.162. The number of nitrogens with one attached hydrogen (secondary N) is 1. The molecule has 5 nitrogen and oxygen atoms in total. The van der Waals surface area contributed by atoms with Gasteiger partial charge in [-0.05, 0) is 74.3 Å². The predicted octanol–water partition coefficient (Wildman–Crippen LogP) is 5.65. The standard InChI is InChI=1S/C16H10Br2ClN3O2S/c17-12-6-5-11(7-13(12)18)20-14(23)8-25-16-22-21-15(24-16)9-1-3-10(19)4-2-9/h1-7H,8H2,(H,20,23). The van der Waals surface area contributed by atoms with Gasteiger partial charge in [-0.1, -0.05) is 23.4 Å². The van der Waals surface area contributed by atoms with Crippen molar-refractivity contribution < 1.29 is 9.21 Å². The van der Waals surface area contributed by atoms with E-state index < -0.39 is 0 Å². The van der Waals surface area contributed by atoms with E-state index >= 15 is 0 Å². The Bertz CT molecular complexity index is 903. The van der Waals surface area contributed by atoms with Crippen LogP contribution in [0.25, 0.3) is 11.5 Å². The zero-order valence-electron chi connectivity index (χ0n) is 12.5. The van der Waals surface area contributed by atoms with Gasteiger partial charge in [0, 0.05) is 25.2 Å². The van der Waals surface area contributed by atoms with Crippen LogP contribution in [0.15, 0.2) is 61.0 Å². The summed E-state index contributed by atoms with van der Waals surface area (Å²) in [5.41, 5.74) is 1.47. The normalized spacial score (nSPS) is 10.7. The number of amides is 1. The van der Waals surface area contributed by atoms with E-state index in [1.807, 2.05) is 18.2 Å². The van der Waals surface area contributed by atoms with Crippen LogP contribution in [-0.2, 0) is 4.79 Å². The van der Waals surface area contributed by atoms with E-state index in [1.54, 1.807) is 24.3 Å². The quantitative estimate of drug-likeness (QED) is 0.456. The third kappa shape index (κ3) is 5.07. The predicted molar refractivity (Wildman–Crippen MR) is 106 cm³/mol. The maximum Gasteiger partial charge on any atom is 0.277 e. The number of thioether (sulfide) groups is 1. The molecule has 0 aliphatic carbocycles. The van der Waals surface area contributed by atoms with Gasteiger partial charge in [0.25, 0.3) is 5.22 Å². The Balaban J connectivity index is 1.57. The molecule has 0 aliphatic heterocycles. The topological polar surface area (TPSA) is 68.0 Å². The first-order valence-electron chi connectivity index (χ1n) is 6.98. The first-order chi connectivity index (χ1) is 12.0. The van der Waals surface area contributed by atoms with Crippen LogP contribution >= 0.6 is 55.2 Å². The Kier molecular flexibility index (Phi) is 6.16. The summed E-state index contributed by atoms with van der Waals surface area (Å²) in [5, 5.41) is 11.7. The van der Waals surface area contributed by atoms with Gasteiger partial charge in [-0.2, -0.15) is 0 Å². The molecule has 1 amide bonds. The first kappa shape index (κ1) is 18.4. The molecule has 0 bridgehead atoms. The second kappa shape index (κ2) is 8.35. The second-order valence-corrected chi connectivity index (χ2v) is 7.92. The van der Waals surface area contributed by atoms with Gasteiger partial charge in [-0.3, -0.25) is 4.79 Å². The number of halogens is 3. The number of hydrogen-bond donors (Lipinski definition) is 1. The van der Waals surface area contributed by atoms with E-state index in [2.05, 4.69) is 47.4 Å². The van der Waals surface area contributed by atoms with E-state index in [-0.39, 0.29) is 11.7 Å². The molecule has 9 heteroatoms. The lowest BCUT2D eigenvalue weighted by Crippen LogP contribution is -2.13. The van der Waals surface area contributed by atoms with E-state index in [0.717, 1.165) is 14.5 Å². The summed E-state index contributed by atoms with van der Waals surface area (Å²) in [6, 6.07) is 12.6. The van der Waals surface area contributed by atoms with Gasteiger partial charge in [0.05, 0.1) is 5.75 Å². The highest BCUT2D eigenvalue weighted by atomic mass is 79.9. The van der Waals surface area contributed by atoms with Gasteiger partial charge in [0.1, 0.15) is 0 Å². The van der Waals surface area contributed by atoms with Crippen molar-refractivity contribution in [2.75, 3.05) is 11.1 Å². The molecule has 3 rings (SSSR count). The smallest absolute Gasteiger partial charge is 0.277 e. The number of carbonyl (C=O) groups excluding carboxylic acids is 1. The Labute approximate surface area is 169 Å². The average Bonchev–Trinajstić information content (AvgIpc) is 3.06. The largest absolute Gasteiger partial charge is 0.411 e. The number of aromatic nitrogens is 2. The summed E-state index contributed by atoms with van der Waals surface area (Å²) in [6.45, 7) is 0. The number of hydrogen-bond acceptors (Lipinski definition) is 5. The van der Waals surface area contributed by atoms with E-state index in [1.165, 1.54) is 11.8 Å². The zero-order valence-corrected chi connectivity index (χ0v) is 17.2. The van der Waals surface area contributed by atoms with Crippen LogP contribution in [-0.4, -0.2) is 21.9 Å². The molecule has 128 valence electrons. The fraction of sp³-hybridized carbons (Fsp3) is 0.0625. The minimum atomic E-state index is -0.162. The lowest BCUT2D eigenvalue weighted by molar-refractivity contribution is -0.113. The lowest BCUT2D eigenvalue weighted by atomic mass is 10.2. The summed E-state index contributed by atoms with van der Waals surface area (Å²) in [7, 11) is 0. The van der Waals surface area contributed by atoms with Crippen molar-refractivity contribution in [3.63, 3.8) is 0 Å². The number of rotatable bonds is 5. The number of benzene rings is 2. The Morgan fingerprint density at radius 2 is 1.88 bits per heavy atom.